The smallest absolute Gasteiger partial charge is 0.177 e. The highest BCUT2D eigenvalue weighted by Crippen LogP contribution is 2.23. The first-order valence-corrected chi connectivity index (χ1v) is 15.9. The molecule has 8 rings (SSSR count). The van der Waals surface area contributed by atoms with Crippen LogP contribution < -0.4 is 0 Å². The van der Waals surface area contributed by atoms with Gasteiger partial charge >= 0.3 is 0 Å². The Hall–Kier alpha value is -5.65. The Balaban J connectivity index is 0.000000154. The molecule has 2 aromatic carbocycles. The van der Waals surface area contributed by atoms with E-state index in [9.17, 15) is 4.39 Å². The number of hydrogen-bond acceptors (Lipinski definition) is 8. The van der Waals surface area contributed by atoms with E-state index in [4.69, 9.17) is 23.2 Å². The van der Waals surface area contributed by atoms with E-state index in [1.54, 1.807) is 51.8 Å². The molecule has 0 atom stereocenters. The van der Waals surface area contributed by atoms with Crippen LogP contribution in [0.15, 0.2) is 67.0 Å². The summed E-state index contributed by atoms with van der Waals surface area (Å²) in [4.78, 5) is 26.5. The van der Waals surface area contributed by atoms with Crippen molar-refractivity contribution in [2.45, 2.75) is 27.7 Å². The minimum Gasteiger partial charge on any atom is -0.256 e. The Morgan fingerprint density at radius 2 is 1.14 bits per heavy atom. The topological polar surface area (TPSA) is 112 Å². The standard InChI is InChI=1S/C18H13ClFN5.C18H14ClN5/c1-10-9-21-11(2)18-23-16(24-25(10)18)6-5-14-4-3-12-7-13(19)8-15(20)17(12)22-14;1-11-10-20-12(2)18-22-17(23-24(11)18)8-6-15-5-3-13-9-14(19)4-7-16(13)21-15/h3-9H,1-2H3;3-10H,1-2H3/b6-5+;8-6+. The van der Waals surface area contributed by atoms with Gasteiger partial charge in [0.2, 0.25) is 0 Å². The fourth-order valence-electron chi connectivity index (χ4n) is 5.15. The molecule has 0 N–H and O–H groups in total. The van der Waals surface area contributed by atoms with Gasteiger partial charge in [-0.05, 0) is 94.5 Å². The van der Waals surface area contributed by atoms with Gasteiger partial charge in [-0.3, -0.25) is 9.97 Å². The molecular weight excluding hydrogens is 662 g/mol. The number of aromatic nitrogens is 10. The quantitative estimate of drug-likeness (QED) is 0.181. The number of aryl methyl sites for hydroxylation is 4. The summed E-state index contributed by atoms with van der Waals surface area (Å²) in [5.41, 5.74) is 7.63. The minimum absolute atomic E-state index is 0.283. The Labute approximate surface area is 289 Å². The number of fused-ring (bicyclic) bond motifs is 4. The van der Waals surface area contributed by atoms with Crippen molar-refractivity contribution in [1.29, 1.82) is 0 Å². The number of hydrogen-bond donors (Lipinski definition) is 0. The minimum atomic E-state index is -0.444. The van der Waals surface area contributed by atoms with Crippen molar-refractivity contribution in [2.24, 2.45) is 0 Å². The predicted octanol–water partition coefficient (Wildman–Crippen LogP) is 8.37. The van der Waals surface area contributed by atoms with Crippen LogP contribution in [0.3, 0.4) is 0 Å². The lowest BCUT2D eigenvalue weighted by Crippen LogP contribution is -1.97. The maximum Gasteiger partial charge on any atom is 0.177 e. The van der Waals surface area contributed by atoms with E-state index in [-0.39, 0.29) is 5.52 Å². The van der Waals surface area contributed by atoms with Crippen molar-refractivity contribution in [3.05, 3.63) is 129 Å². The van der Waals surface area contributed by atoms with Gasteiger partial charge in [-0.15, -0.1) is 10.2 Å². The second kappa shape index (κ2) is 13.1. The molecule has 0 fully saturated rings. The molecule has 0 spiro atoms. The maximum atomic E-state index is 14.0. The van der Waals surface area contributed by atoms with E-state index >= 15 is 0 Å². The monoisotopic (exact) mass is 688 g/mol. The highest BCUT2D eigenvalue weighted by Gasteiger charge is 2.09. The molecule has 13 heteroatoms. The summed E-state index contributed by atoms with van der Waals surface area (Å²) in [5.74, 6) is 0.728. The predicted molar refractivity (Wildman–Crippen MR) is 192 cm³/mol. The molecule has 0 radical (unpaired) electrons. The van der Waals surface area contributed by atoms with Gasteiger partial charge in [0.15, 0.2) is 28.8 Å². The van der Waals surface area contributed by atoms with E-state index < -0.39 is 5.82 Å². The molecule has 6 heterocycles. The molecule has 6 aromatic heterocycles. The van der Waals surface area contributed by atoms with Crippen molar-refractivity contribution >= 4 is 80.6 Å². The van der Waals surface area contributed by atoms with Crippen molar-refractivity contribution < 1.29 is 4.39 Å². The Morgan fingerprint density at radius 1 is 0.592 bits per heavy atom. The van der Waals surface area contributed by atoms with Crippen molar-refractivity contribution in [1.82, 2.24) is 49.1 Å². The van der Waals surface area contributed by atoms with E-state index in [1.807, 2.05) is 70.2 Å². The van der Waals surface area contributed by atoms with Crippen LogP contribution in [-0.4, -0.2) is 49.1 Å². The van der Waals surface area contributed by atoms with Crippen molar-refractivity contribution in [2.75, 3.05) is 0 Å². The second-order valence-corrected chi connectivity index (χ2v) is 12.2. The molecule has 0 aliphatic carbocycles. The third-order valence-corrected chi connectivity index (χ3v) is 8.12. The van der Waals surface area contributed by atoms with Gasteiger partial charge in [-0.25, -0.2) is 33.4 Å². The fraction of sp³-hybridized carbons (Fsp3) is 0.111. The van der Waals surface area contributed by atoms with E-state index in [2.05, 4.69) is 40.1 Å². The maximum absolute atomic E-state index is 14.0. The summed E-state index contributed by atoms with van der Waals surface area (Å²) in [6, 6.07) is 16.1. The Kier molecular flexibility index (Phi) is 8.53. The van der Waals surface area contributed by atoms with Gasteiger partial charge in [0.05, 0.1) is 39.7 Å². The third kappa shape index (κ3) is 6.71. The van der Waals surface area contributed by atoms with E-state index in [0.717, 1.165) is 45.0 Å². The van der Waals surface area contributed by atoms with E-state index in [0.29, 0.717) is 38.4 Å². The molecule has 0 saturated carbocycles. The molecule has 0 aliphatic heterocycles. The zero-order valence-electron chi connectivity index (χ0n) is 26.8. The molecule has 0 saturated heterocycles. The van der Waals surface area contributed by atoms with Crippen LogP contribution in [0, 0.1) is 33.5 Å². The van der Waals surface area contributed by atoms with Crippen LogP contribution in [0.4, 0.5) is 4.39 Å². The number of rotatable bonds is 4. The molecule has 242 valence electrons. The van der Waals surface area contributed by atoms with Gasteiger partial charge in [0, 0.05) is 33.2 Å². The molecular formula is C36H27Cl2FN10. The average molecular weight is 690 g/mol. The molecule has 0 unspecified atom stereocenters. The second-order valence-electron chi connectivity index (χ2n) is 11.3. The number of halogens is 3. The van der Waals surface area contributed by atoms with Crippen LogP contribution in [0.5, 0.6) is 0 Å². The summed E-state index contributed by atoms with van der Waals surface area (Å²) in [7, 11) is 0. The van der Waals surface area contributed by atoms with Gasteiger partial charge in [-0.2, -0.15) is 0 Å². The Bertz CT molecular complexity index is 2530. The zero-order valence-corrected chi connectivity index (χ0v) is 28.3. The fourth-order valence-corrected chi connectivity index (χ4v) is 5.55. The molecule has 10 nitrogen and oxygen atoms in total. The number of pyridine rings is 2. The first-order valence-electron chi connectivity index (χ1n) is 15.2. The van der Waals surface area contributed by atoms with Crippen molar-refractivity contribution in [3.63, 3.8) is 0 Å². The summed E-state index contributed by atoms with van der Waals surface area (Å²) in [6.45, 7) is 7.68. The highest BCUT2D eigenvalue weighted by atomic mass is 35.5. The number of nitrogens with zero attached hydrogens (tertiary/aromatic N) is 10. The first-order chi connectivity index (χ1) is 23.6. The van der Waals surface area contributed by atoms with Crippen molar-refractivity contribution in [3.8, 4) is 0 Å². The van der Waals surface area contributed by atoms with Gasteiger partial charge in [0.1, 0.15) is 5.52 Å². The van der Waals surface area contributed by atoms with Gasteiger partial charge in [-0.1, -0.05) is 35.3 Å². The lowest BCUT2D eigenvalue weighted by Gasteiger charge is -2.01. The molecule has 49 heavy (non-hydrogen) atoms. The van der Waals surface area contributed by atoms with Crippen LogP contribution in [0.2, 0.25) is 10.0 Å². The summed E-state index contributed by atoms with van der Waals surface area (Å²) < 4.78 is 17.6. The summed E-state index contributed by atoms with van der Waals surface area (Å²) in [5, 5.41) is 11.7. The third-order valence-electron chi connectivity index (χ3n) is 7.66. The molecule has 0 amide bonds. The van der Waals surface area contributed by atoms with Gasteiger partial charge < -0.3 is 0 Å². The first kappa shape index (κ1) is 31.9. The lowest BCUT2D eigenvalue weighted by molar-refractivity contribution is 0.637. The van der Waals surface area contributed by atoms with Crippen LogP contribution >= 0.6 is 23.2 Å². The Morgan fingerprint density at radius 3 is 1.73 bits per heavy atom. The van der Waals surface area contributed by atoms with Gasteiger partial charge in [0.25, 0.3) is 0 Å². The SMILES string of the molecule is Cc1ncc(C)n2nc(/C=C/c3ccc4cc(Cl)cc(F)c4n3)nc12.Cc1ncc(C)n2nc(/C=C/c3ccc4cc(Cl)ccc4n3)nc12. The largest absolute Gasteiger partial charge is 0.256 e. The zero-order chi connectivity index (χ0) is 34.2. The van der Waals surface area contributed by atoms with Crippen LogP contribution in [0.1, 0.15) is 45.8 Å². The summed E-state index contributed by atoms with van der Waals surface area (Å²) >= 11 is 11.9. The van der Waals surface area contributed by atoms with Crippen LogP contribution in [0.25, 0.3) is 57.4 Å². The number of benzene rings is 2. The highest BCUT2D eigenvalue weighted by molar-refractivity contribution is 6.31. The molecule has 0 bridgehead atoms. The molecule has 0 aliphatic rings. The lowest BCUT2D eigenvalue weighted by atomic mass is 10.2. The normalized spacial score (nSPS) is 11.8. The van der Waals surface area contributed by atoms with Crippen LogP contribution in [-0.2, 0) is 0 Å². The average Bonchev–Trinajstić information content (AvgIpc) is 3.73. The molecule has 8 aromatic rings. The summed E-state index contributed by atoms with van der Waals surface area (Å²) in [6.07, 6.45) is 10.8. The van der Waals surface area contributed by atoms with E-state index in [1.165, 1.54) is 6.07 Å².